The molecule has 116 valence electrons. The molecule has 1 fully saturated rings. The van der Waals surface area contributed by atoms with E-state index in [1.165, 1.54) is 6.20 Å². The summed E-state index contributed by atoms with van der Waals surface area (Å²) in [6.45, 7) is 2.92. The number of H-pyrrole nitrogens is 1. The summed E-state index contributed by atoms with van der Waals surface area (Å²) in [4.78, 5) is 29.4. The fraction of sp³-hybridized carbons (Fsp3) is 0.375. The van der Waals surface area contributed by atoms with Crippen LogP contribution in [-0.2, 0) is 0 Å². The van der Waals surface area contributed by atoms with Gasteiger partial charge in [-0.05, 0) is 31.4 Å². The number of nitrogens with zero attached hydrogens (tertiary/aromatic N) is 1. The number of aliphatic hydroxyl groups is 1. The van der Waals surface area contributed by atoms with Crippen molar-refractivity contribution in [3.8, 4) is 0 Å². The van der Waals surface area contributed by atoms with Gasteiger partial charge in [-0.25, -0.2) is 4.79 Å². The largest absolute Gasteiger partial charge is 0.393 e. The molecule has 0 unspecified atom stereocenters. The number of fused-ring (bicyclic) bond motifs is 1. The van der Waals surface area contributed by atoms with Crippen LogP contribution in [0.3, 0.4) is 0 Å². The van der Waals surface area contributed by atoms with Crippen LogP contribution in [0.15, 0.2) is 29.2 Å². The number of hydrogen-bond acceptors (Lipinski definition) is 3. The number of piperidine rings is 1. The van der Waals surface area contributed by atoms with Crippen LogP contribution in [0, 0.1) is 6.92 Å². The number of pyridine rings is 1. The van der Waals surface area contributed by atoms with Gasteiger partial charge in [-0.15, -0.1) is 0 Å². The molecule has 1 aromatic heterocycles. The van der Waals surface area contributed by atoms with Crippen molar-refractivity contribution in [1.82, 2.24) is 9.88 Å². The minimum atomic E-state index is -0.337. The molecule has 6 heteroatoms. The van der Waals surface area contributed by atoms with Crippen molar-refractivity contribution >= 4 is 22.6 Å². The quantitative estimate of drug-likeness (QED) is 0.751. The Labute approximate surface area is 127 Å². The number of anilines is 1. The number of aliphatic hydroxyl groups excluding tert-OH is 1. The molecule has 1 aromatic carbocycles. The van der Waals surface area contributed by atoms with Gasteiger partial charge in [-0.1, -0.05) is 12.1 Å². The molecule has 0 atom stereocenters. The molecule has 2 aromatic rings. The first-order chi connectivity index (χ1) is 10.6. The van der Waals surface area contributed by atoms with Crippen LogP contribution < -0.4 is 10.7 Å². The maximum Gasteiger partial charge on any atom is 0.321 e. The van der Waals surface area contributed by atoms with E-state index >= 15 is 0 Å². The number of carbonyl (C=O) groups is 1. The van der Waals surface area contributed by atoms with Gasteiger partial charge < -0.3 is 20.3 Å². The summed E-state index contributed by atoms with van der Waals surface area (Å²) < 4.78 is 0. The summed E-state index contributed by atoms with van der Waals surface area (Å²) in [7, 11) is 0. The lowest BCUT2D eigenvalue weighted by molar-refractivity contribution is 0.0972. The minimum Gasteiger partial charge on any atom is -0.393 e. The Balaban J connectivity index is 1.84. The van der Waals surface area contributed by atoms with Gasteiger partial charge in [0.15, 0.2) is 0 Å². The topological polar surface area (TPSA) is 85.4 Å². The monoisotopic (exact) mass is 301 g/mol. The molecule has 2 heterocycles. The second-order valence-electron chi connectivity index (χ2n) is 5.68. The average molecular weight is 301 g/mol. The number of hydrogen-bond donors (Lipinski definition) is 3. The standard InChI is InChI=1S/C16H19N3O3/c1-10-3-2-4-12-14(10)17-9-13(15(12)21)18-16(22)19-7-5-11(20)6-8-19/h2-4,9,11,20H,5-8H2,1H3,(H,17,21)(H,18,22). The number of amides is 2. The molecule has 0 spiro atoms. The maximum absolute atomic E-state index is 12.5. The Bertz CT molecular complexity index is 761. The molecule has 22 heavy (non-hydrogen) atoms. The van der Waals surface area contributed by atoms with E-state index in [1.807, 2.05) is 19.1 Å². The van der Waals surface area contributed by atoms with Gasteiger partial charge >= 0.3 is 6.03 Å². The Morgan fingerprint density at radius 1 is 1.36 bits per heavy atom. The number of rotatable bonds is 1. The van der Waals surface area contributed by atoms with E-state index in [1.54, 1.807) is 11.0 Å². The number of aryl methyl sites for hydroxylation is 1. The normalized spacial score (nSPS) is 16.0. The molecule has 0 bridgehead atoms. The van der Waals surface area contributed by atoms with Crippen LogP contribution in [0.2, 0.25) is 0 Å². The summed E-state index contributed by atoms with van der Waals surface area (Å²) in [6, 6.07) is 5.19. The van der Waals surface area contributed by atoms with Crippen molar-refractivity contribution in [2.75, 3.05) is 18.4 Å². The minimum absolute atomic E-state index is 0.192. The average Bonchev–Trinajstić information content (AvgIpc) is 2.51. The molecule has 0 aliphatic carbocycles. The molecule has 2 amide bonds. The molecule has 1 saturated heterocycles. The number of nitrogens with one attached hydrogen (secondary N) is 2. The second-order valence-corrected chi connectivity index (χ2v) is 5.68. The van der Waals surface area contributed by atoms with Crippen molar-refractivity contribution in [1.29, 1.82) is 0 Å². The van der Waals surface area contributed by atoms with E-state index < -0.39 is 0 Å². The number of carbonyl (C=O) groups excluding carboxylic acids is 1. The third kappa shape index (κ3) is 2.69. The Morgan fingerprint density at radius 2 is 2.09 bits per heavy atom. The molecule has 0 saturated carbocycles. The lowest BCUT2D eigenvalue weighted by atomic mass is 10.1. The molecule has 3 rings (SSSR count). The van der Waals surface area contributed by atoms with Crippen LogP contribution in [0.4, 0.5) is 10.5 Å². The summed E-state index contributed by atoms with van der Waals surface area (Å²) in [6.07, 6.45) is 2.34. The lowest BCUT2D eigenvalue weighted by Gasteiger charge is -2.29. The van der Waals surface area contributed by atoms with E-state index in [9.17, 15) is 14.7 Å². The molecule has 6 nitrogen and oxygen atoms in total. The number of benzene rings is 1. The summed E-state index contributed by atoms with van der Waals surface area (Å²) in [5, 5.41) is 12.7. The van der Waals surface area contributed by atoms with Crippen LogP contribution in [0.5, 0.6) is 0 Å². The van der Waals surface area contributed by atoms with Crippen molar-refractivity contribution in [2.45, 2.75) is 25.9 Å². The van der Waals surface area contributed by atoms with Crippen LogP contribution in [-0.4, -0.2) is 40.2 Å². The lowest BCUT2D eigenvalue weighted by Crippen LogP contribution is -2.42. The van der Waals surface area contributed by atoms with Gasteiger partial charge in [0.1, 0.15) is 5.69 Å². The zero-order valence-electron chi connectivity index (χ0n) is 12.4. The van der Waals surface area contributed by atoms with Gasteiger partial charge in [0.05, 0.1) is 11.6 Å². The zero-order chi connectivity index (χ0) is 15.7. The predicted octanol–water partition coefficient (Wildman–Crippen LogP) is 1.83. The maximum atomic E-state index is 12.5. The first-order valence-corrected chi connectivity index (χ1v) is 7.41. The summed E-state index contributed by atoms with van der Waals surface area (Å²) >= 11 is 0. The van der Waals surface area contributed by atoms with Gasteiger partial charge in [-0.2, -0.15) is 0 Å². The first kappa shape index (κ1) is 14.6. The molecule has 1 aliphatic rings. The highest BCUT2D eigenvalue weighted by Gasteiger charge is 2.22. The predicted molar refractivity (Wildman–Crippen MR) is 85.1 cm³/mol. The van der Waals surface area contributed by atoms with Crippen LogP contribution in [0.1, 0.15) is 18.4 Å². The van der Waals surface area contributed by atoms with E-state index in [0.29, 0.717) is 31.3 Å². The van der Waals surface area contributed by atoms with Gasteiger partial charge in [0, 0.05) is 24.7 Å². The van der Waals surface area contributed by atoms with E-state index in [-0.39, 0.29) is 23.3 Å². The molecular formula is C16H19N3O3. The third-order valence-electron chi connectivity index (χ3n) is 4.12. The van der Waals surface area contributed by atoms with Crippen molar-refractivity contribution in [3.05, 3.63) is 40.2 Å². The fourth-order valence-electron chi connectivity index (χ4n) is 2.76. The molecule has 0 radical (unpaired) electrons. The molecule has 1 aliphatic heterocycles. The second kappa shape index (κ2) is 5.81. The van der Waals surface area contributed by atoms with Crippen LogP contribution in [0.25, 0.3) is 10.9 Å². The van der Waals surface area contributed by atoms with E-state index in [0.717, 1.165) is 11.1 Å². The highest BCUT2D eigenvalue weighted by Crippen LogP contribution is 2.15. The van der Waals surface area contributed by atoms with Gasteiger partial charge in [-0.3, -0.25) is 4.79 Å². The highest BCUT2D eigenvalue weighted by molar-refractivity contribution is 5.92. The smallest absolute Gasteiger partial charge is 0.321 e. The SMILES string of the molecule is Cc1cccc2c(=O)c(NC(=O)N3CCC(O)CC3)c[nH]c12. The number of aromatic nitrogens is 1. The Kier molecular flexibility index (Phi) is 3.85. The first-order valence-electron chi connectivity index (χ1n) is 7.41. The van der Waals surface area contributed by atoms with E-state index in [2.05, 4.69) is 10.3 Å². The molecule has 3 N–H and O–H groups in total. The van der Waals surface area contributed by atoms with Crippen molar-refractivity contribution in [3.63, 3.8) is 0 Å². The van der Waals surface area contributed by atoms with Crippen molar-refractivity contribution in [2.24, 2.45) is 0 Å². The number of likely N-dealkylation sites (tertiary alicyclic amines) is 1. The van der Waals surface area contributed by atoms with Gasteiger partial charge in [0.25, 0.3) is 0 Å². The zero-order valence-corrected chi connectivity index (χ0v) is 12.4. The van der Waals surface area contributed by atoms with E-state index in [4.69, 9.17) is 0 Å². The summed E-state index contributed by atoms with van der Waals surface area (Å²) in [5.41, 5.74) is 1.82. The molecular weight excluding hydrogens is 282 g/mol. The Morgan fingerprint density at radius 3 is 2.82 bits per heavy atom. The number of para-hydroxylation sites is 1. The number of urea groups is 1. The Hall–Kier alpha value is -2.34. The summed E-state index contributed by atoms with van der Waals surface area (Å²) in [5.74, 6) is 0. The highest BCUT2D eigenvalue weighted by atomic mass is 16.3. The van der Waals surface area contributed by atoms with Crippen LogP contribution >= 0.6 is 0 Å². The van der Waals surface area contributed by atoms with Gasteiger partial charge in [0.2, 0.25) is 5.43 Å². The number of aromatic amines is 1. The third-order valence-corrected chi connectivity index (χ3v) is 4.12. The van der Waals surface area contributed by atoms with Crippen molar-refractivity contribution < 1.29 is 9.90 Å². The fourth-order valence-corrected chi connectivity index (χ4v) is 2.76.